The fourth-order valence-corrected chi connectivity index (χ4v) is 3.20. The molecule has 1 N–H and O–H groups in total. The van der Waals surface area contributed by atoms with Gasteiger partial charge >= 0.3 is 5.97 Å². The molecule has 3 rings (SSSR count). The van der Waals surface area contributed by atoms with Gasteiger partial charge in [-0.3, -0.25) is 14.6 Å². The Bertz CT molecular complexity index is 1120. The summed E-state index contributed by atoms with van der Waals surface area (Å²) in [5.41, 5.74) is 1.08. The number of rotatable bonds is 12. The number of carboxylic acid groups (broad SMARTS) is 1. The predicted octanol–water partition coefficient (Wildman–Crippen LogP) is 5.42. The minimum Gasteiger partial charge on any atom is -0.493 e. The number of carbonyl (C=O) groups is 2. The first kappa shape index (κ1) is 21.2. The number of unbranched alkanes of at least 4 members (excludes halogenated alkanes) is 2. The van der Waals surface area contributed by atoms with Gasteiger partial charge in [0.2, 0.25) is 0 Å². The first-order valence-electron chi connectivity index (χ1n) is 12.0. The van der Waals surface area contributed by atoms with Gasteiger partial charge < -0.3 is 19.2 Å². The number of aliphatic carboxylic acids is 1. The summed E-state index contributed by atoms with van der Waals surface area (Å²) < 4.78 is 29.0. The lowest BCUT2D eigenvalue weighted by Crippen LogP contribution is -2.36. The maximum Gasteiger partial charge on any atom is 0.303 e. The van der Waals surface area contributed by atoms with Gasteiger partial charge in [0, 0.05) is 30.7 Å². The first-order chi connectivity index (χ1) is 16.7. The Balaban J connectivity index is 1.78. The minimum atomic E-state index is -2.16. The van der Waals surface area contributed by atoms with Crippen molar-refractivity contribution in [2.75, 3.05) is 6.61 Å². The SMILES string of the molecule is [2H]C([2H])(c1ccccc1OCCCCCC(=O)O)N(C(=O)c1ccc(-c2ccco2)nc1)C(C)C. The number of hydrogen-bond acceptors (Lipinski definition) is 5. The third-order valence-electron chi connectivity index (χ3n) is 4.94. The highest BCUT2D eigenvalue weighted by molar-refractivity contribution is 5.94. The molecule has 7 heteroatoms. The summed E-state index contributed by atoms with van der Waals surface area (Å²) in [7, 11) is 0. The number of carbonyl (C=O) groups excluding carboxylic acids is 1. The molecule has 174 valence electrons. The molecule has 1 amide bonds. The molecule has 7 nitrogen and oxygen atoms in total. The average molecular weight is 453 g/mol. The third-order valence-corrected chi connectivity index (χ3v) is 4.94. The van der Waals surface area contributed by atoms with Crippen molar-refractivity contribution in [3.63, 3.8) is 0 Å². The van der Waals surface area contributed by atoms with Crippen molar-refractivity contribution in [1.82, 2.24) is 9.88 Å². The molecule has 0 saturated heterocycles. The maximum absolute atomic E-state index is 13.4. The number of ether oxygens (including phenoxy) is 1. The quantitative estimate of drug-likeness (QED) is 0.369. The van der Waals surface area contributed by atoms with E-state index < -0.39 is 24.4 Å². The first-order valence-corrected chi connectivity index (χ1v) is 11.0. The molecule has 33 heavy (non-hydrogen) atoms. The lowest BCUT2D eigenvalue weighted by Gasteiger charge is -2.28. The third kappa shape index (κ3) is 6.94. The fourth-order valence-electron chi connectivity index (χ4n) is 3.20. The van der Waals surface area contributed by atoms with Gasteiger partial charge in [0.15, 0.2) is 5.76 Å². The zero-order valence-electron chi connectivity index (χ0n) is 20.9. The second-order valence-corrected chi connectivity index (χ2v) is 7.84. The summed E-state index contributed by atoms with van der Waals surface area (Å²) in [6, 6.07) is 13.1. The van der Waals surface area contributed by atoms with E-state index in [0.29, 0.717) is 43.1 Å². The van der Waals surface area contributed by atoms with Crippen LogP contribution in [0.15, 0.2) is 65.4 Å². The highest BCUT2D eigenvalue weighted by Crippen LogP contribution is 2.23. The topological polar surface area (TPSA) is 92.9 Å². The summed E-state index contributed by atoms with van der Waals surface area (Å²) in [4.78, 5) is 29.6. The summed E-state index contributed by atoms with van der Waals surface area (Å²) in [5, 5.41) is 8.74. The van der Waals surface area contributed by atoms with Crippen molar-refractivity contribution in [1.29, 1.82) is 0 Å². The van der Waals surface area contributed by atoms with Crippen molar-refractivity contribution >= 4 is 11.9 Å². The highest BCUT2D eigenvalue weighted by Gasteiger charge is 2.21. The Hall–Kier alpha value is -3.61. The number of amides is 1. The van der Waals surface area contributed by atoms with E-state index in [9.17, 15) is 9.59 Å². The van der Waals surface area contributed by atoms with E-state index in [1.54, 1.807) is 68.6 Å². The lowest BCUT2D eigenvalue weighted by molar-refractivity contribution is -0.137. The molecule has 2 heterocycles. The predicted molar refractivity (Wildman–Crippen MR) is 125 cm³/mol. The lowest BCUT2D eigenvalue weighted by atomic mass is 10.1. The van der Waals surface area contributed by atoms with Crippen molar-refractivity contribution in [2.45, 2.75) is 52.1 Å². The maximum atomic E-state index is 13.4. The van der Waals surface area contributed by atoms with Crippen molar-refractivity contribution in [2.24, 2.45) is 0 Å². The van der Waals surface area contributed by atoms with Crippen LogP contribution in [0.3, 0.4) is 0 Å². The van der Waals surface area contributed by atoms with Crippen LogP contribution in [0.5, 0.6) is 5.75 Å². The molecule has 0 aliphatic rings. The van der Waals surface area contributed by atoms with Gasteiger partial charge in [-0.05, 0) is 63.4 Å². The van der Waals surface area contributed by atoms with E-state index in [4.69, 9.17) is 17.0 Å². The van der Waals surface area contributed by atoms with Gasteiger partial charge in [0.1, 0.15) is 11.4 Å². The molecule has 0 aliphatic carbocycles. The standard InChI is InChI=1S/C26H30N2O5/c1-19(2)28(26(31)20-13-14-22(27-17-20)24-11-8-16-33-24)18-21-9-5-6-10-23(21)32-15-7-3-4-12-25(29)30/h5-6,8-11,13-14,16-17,19H,3-4,7,12,15,18H2,1-2H3,(H,29,30)/i18D2. The number of furan rings is 1. The molecule has 2 aromatic heterocycles. The molecule has 0 atom stereocenters. The zero-order valence-corrected chi connectivity index (χ0v) is 18.9. The molecule has 0 aliphatic heterocycles. The van der Waals surface area contributed by atoms with E-state index in [2.05, 4.69) is 4.98 Å². The molecule has 0 fully saturated rings. The smallest absolute Gasteiger partial charge is 0.303 e. The van der Waals surface area contributed by atoms with Gasteiger partial charge in [-0.1, -0.05) is 18.2 Å². The Morgan fingerprint density at radius 2 is 1.94 bits per heavy atom. The van der Waals surface area contributed by atoms with Gasteiger partial charge in [-0.25, -0.2) is 0 Å². The number of carboxylic acids is 1. The minimum absolute atomic E-state index is 0.113. The van der Waals surface area contributed by atoms with Crippen LogP contribution in [0, 0.1) is 0 Å². The monoisotopic (exact) mass is 452 g/mol. The summed E-state index contributed by atoms with van der Waals surface area (Å²) >= 11 is 0. The van der Waals surface area contributed by atoms with Gasteiger partial charge in [-0.2, -0.15) is 0 Å². The van der Waals surface area contributed by atoms with E-state index >= 15 is 0 Å². The van der Waals surface area contributed by atoms with Crippen molar-refractivity contribution in [3.05, 3.63) is 72.1 Å². The van der Waals surface area contributed by atoms with Crippen LogP contribution >= 0.6 is 0 Å². The van der Waals surface area contributed by atoms with Crippen LogP contribution in [-0.2, 0) is 11.3 Å². The van der Waals surface area contributed by atoms with Gasteiger partial charge in [-0.15, -0.1) is 0 Å². The van der Waals surface area contributed by atoms with Crippen LogP contribution < -0.4 is 4.74 Å². The van der Waals surface area contributed by atoms with Crippen LogP contribution in [-0.4, -0.2) is 39.5 Å². The van der Waals surface area contributed by atoms with E-state index in [1.165, 1.54) is 11.1 Å². The molecule has 0 spiro atoms. The Morgan fingerprint density at radius 1 is 1.12 bits per heavy atom. The normalized spacial score (nSPS) is 12.2. The summed E-state index contributed by atoms with van der Waals surface area (Å²) in [6.07, 6.45) is 4.97. The van der Waals surface area contributed by atoms with Gasteiger partial charge in [0.05, 0.1) is 21.2 Å². The molecule has 1 aromatic carbocycles. The summed E-state index contributed by atoms with van der Waals surface area (Å²) in [6.45, 7) is 1.67. The fraction of sp³-hybridized carbons (Fsp3) is 0.346. The summed E-state index contributed by atoms with van der Waals surface area (Å²) in [5.74, 6) is -0.393. The van der Waals surface area contributed by atoms with Crippen LogP contribution in [0.2, 0.25) is 0 Å². The number of para-hydroxylation sites is 1. The number of aromatic nitrogens is 1. The number of nitrogens with zero attached hydrogens (tertiary/aromatic N) is 2. The van der Waals surface area contributed by atoms with Crippen LogP contribution in [0.1, 0.15) is 58.2 Å². The molecule has 0 radical (unpaired) electrons. The van der Waals surface area contributed by atoms with Crippen molar-refractivity contribution < 1.29 is 26.6 Å². The Kier molecular flexibility index (Phi) is 7.63. The Labute approximate surface area is 196 Å². The second-order valence-electron chi connectivity index (χ2n) is 7.84. The second kappa shape index (κ2) is 11.9. The Morgan fingerprint density at radius 3 is 2.61 bits per heavy atom. The zero-order chi connectivity index (χ0) is 25.4. The highest BCUT2D eigenvalue weighted by atomic mass is 16.5. The number of pyridine rings is 1. The van der Waals surface area contributed by atoms with Crippen molar-refractivity contribution in [3.8, 4) is 17.2 Å². The number of hydrogen-bond donors (Lipinski definition) is 1. The average Bonchev–Trinajstić information content (AvgIpc) is 3.36. The molecular weight excluding hydrogens is 420 g/mol. The molecular formula is C26H30N2O5. The van der Waals surface area contributed by atoms with Crippen LogP contribution in [0.25, 0.3) is 11.5 Å². The molecule has 3 aromatic rings. The largest absolute Gasteiger partial charge is 0.493 e. The van der Waals surface area contributed by atoms with E-state index in [1.807, 2.05) is 0 Å². The van der Waals surface area contributed by atoms with E-state index in [-0.39, 0.29) is 17.5 Å². The van der Waals surface area contributed by atoms with Crippen LogP contribution in [0.4, 0.5) is 0 Å². The molecule has 0 bridgehead atoms. The number of benzene rings is 1. The molecule has 0 unspecified atom stereocenters. The van der Waals surface area contributed by atoms with Gasteiger partial charge in [0.25, 0.3) is 5.91 Å². The van der Waals surface area contributed by atoms with E-state index in [0.717, 1.165) is 0 Å². The molecule has 0 saturated carbocycles.